The van der Waals surface area contributed by atoms with Crippen molar-refractivity contribution in [3.05, 3.63) is 36.0 Å². The number of methoxy groups -OCH3 is 2. The van der Waals surface area contributed by atoms with E-state index >= 15 is 0 Å². The maximum Gasteiger partial charge on any atom is 0.239 e. The molecule has 1 aromatic carbocycles. The lowest BCUT2D eigenvalue weighted by molar-refractivity contribution is -0.117. The van der Waals surface area contributed by atoms with Crippen molar-refractivity contribution in [2.75, 3.05) is 32.6 Å². The Morgan fingerprint density at radius 2 is 1.90 bits per heavy atom. The largest absolute Gasteiger partial charge is 0.493 e. The van der Waals surface area contributed by atoms with Crippen molar-refractivity contribution < 1.29 is 14.3 Å². The molecule has 7 heteroatoms. The molecule has 2 aliphatic rings. The number of benzene rings is 1. The highest BCUT2D eigenvalue weighted by Gasteiger charge is 2.29. The van der Waals surface area contributed by atoms with Gasteiger partial charge in [-0.15, -0.1) is 0 Å². The number of nitrogens with one attached hydrogen (secondary N) is 1. The zero-order chi connectivity index (χ0) is 20.2. The summed E-state index contributed by atoms with van der Waals surface area (Å²) >= 11 is 0. The number of anilines is 1. The average molecular weight is 399 g/mol. The van der Waals surface area contributed by atoms with Crippen LogP contribution < -0.4 is 14.8 Å². The molecule has 29 heavy (non-hydrogen) atoms. The van der Waals surface area contributed by atoms with Crippen molar-refractivity contribution in [3.8, 4) is 11.5 Å². The van der Waals surface area contributed by atoms with Crippen molar-refractivity contribution >= 4 is 11.7 Å². The normalized spacial score (nSPS) is 20.1. The summed E-state index contributed by atoms with van der Waals surface area (Å²) < 4.78 is 12.8. The van der Waals surface area contributed by atoms with E-state index in [1.807, 2.05) is 22.9 Å². The van der Waals surface area contributed by atoms with Gasteiger partial charge < -0.3 is 14.8 Å². The quantitative estimate of drug-likeness (QED) is 0.768. The highest BCUT2D eigenvalue weighted by atomic mass is 16.5. The molecule has 0 radical (unpaired) electrons. The van der Waals surface area contributed by atoms with E-state index in [2.05, 4.69) is 21.4 Å². The number of amides is 1. The van der Waals surface area contributed by atoms with Crippen LogP contribution in [0.15, 0.2) is 30.5 Å². The molecule has 0 bridgehead atoms. The van der Waals surface area contributed by atoms with E-state index in [1.54, 1.807) is 20.4 Å². The Kier molecular flexibility index (Phi) is 6.04. The van der Waals surface area contributed by atoms with Gasteiger partial charge in [0, 0.05) is 12.1 Å². The number of carbonyl (C=O) groups is 1. The lowest BCUT2D eigenvalue weighted by Crippen LogP contribution is -2.33. The summed E-state index contributed by atoms with van der Waals surface area (Å²) in [7, 11) is 3.29. The van der Waals surface area contributed by atoms with Crippen LogP contribution >= 0.6 is 0 Å². The lowest BCUT2D eigenvalue weighted by Gasteiger charge is -2.25. The van der Waals surface area contributed by atoms with Crippen molar-refractivity contribution in [2.45, 2.75) is 50.6 Å². The SMILES string of the molecule is COc1ccc([C@H]2CCCN2CC(=O)Nc2ccnn2C2CCCC2)cc1OC. The molecule has 0 unspecified atom stereocenters. The second-order valence-corrected chi connectivity index (χ2v) is 7.89. The predicted octanol–water partition coefficient (Wildman–Crippen LogP) is 3.79. The van der Waals surface area contributed by atoms with Crippen LogP contribution in [0.25, 0.3) is 0 Å². The van der Waals surface area contributed by atoms with Crippen LogP contribution in [0, 0.1) is 0 Å². The first kappa shape index (κ1) is 19.8. The molecule has 1 amide bonds. The van der Waals surface area contributed by atoms with Gasteiger partial charge in [-0.2, -0.15) is 5.10 Å². The summed E-state index contributed by atoms with van der Waals surface area (Å²) in [6.45, 7) is 1.28. The topological polar surface area (TPSA) is 68.6 Å². The van der Waals surface area contributed by atoms with Gasteiger partial charge in [0.05, 0.1) is 33.0 Å². The van der Waals surface area contributed by atoms with Crippen LogP contribution in [-0.4, -0.2) is 47.9 Å². The minimum absolute atomic E-state index is 0.0112. The molecule has 1 N–H and O–H groups in total. The van der Waals surface area contributed by atoms with Crippen LogP contribution in [0.1, 0.15) is 56.2 Å². The Morgan fingerprint density at radius 3 is 2.66 bits per heavy atom. The van der Waals surface area contributed by atoms with Gasteiger partial charge in [0.1, 0.15) is 5.82 Å². The number of likely N-dealkylation sites (tertiary alicyclic amines) is 1. The lowest BCUT2D eigenvalue weighted by atomic mass is 10.0. The molecule has 4 rings (SSSR count). The first-order chi connectivity index (χ1) is 14.2. The molecule has 2 aromatic rings. The summed E-state index contributed by atoms with van der Waals surface area (Å²) in [5, 5.41) is 7.53. The summed E-state index contributed by atoms with van der Waals surface area (Å²) in [4.78, 5) is 15.0. The number of rotatable bonds is 7. The highest BCUT2D eigenvalue weighted by molar-refractivity contribution is 5.91. The minimum atomic E-state index is 0.0112. The molecule has 1 saturated heterocycles. The van der Waals surface area contributed by atoms with E-state index < -0.39 is 0 Å². The molecule has 2 heterocycles. The summed E-state index contributed by atoms with van der Waals surface area (Å²) in [6.07, 6.45) is 8.62. The van der Waals surface area contributed by atoms with Crippen LogP contribution in [-0.2, 0) is 4.79 Å². The van der Waals surface area contributed by atoms with E-state index in [1.165, 1.54) is 12.8 Å². The first-order valence-corrected chi connectivity index (χ1v) is 10.5. The fourth-order valence-corrected chi connectivity index (χ4v) is 4.67. The Labute approximate surface area is 172 Å². The molecule has 1 aliphatic carbocycles. The van der Waals surface area contributed by atoms with Crippen LogP contribution in [0.3, 0.4) is 0 Å². The monoisotopic (exact) mass is 398 g/mol. The second kappa shape index (κ2) is 8.86. The number of hydrogen-bond donors (Lipinski definition) is 1. The van der Waals surface area contributed by atoms with Gasteiger partial charge in [-0.1, -0.05) is 18.9 Å². The summed E-state index contributed by atoms with van der Waals surface area (Å²) in [6, 6.07) is 8.54. The van der Waals surface area contributed by atoms with Crippen molar-refractivity contribution in [2.24, 2.45) is 0 Å². The molecular formula is C22H30N4O3. The van der Waals surface area contributed by atoms with E-state index in [0.717, 1.165) is 55.1 Å². The first-order valence-electron chi connectivity index (χ1n) is 10.5. The zero-order valence-electron chi connectivity index (χ0n) is 17.3. The van der Waals surface area contributed by atoms with Crippen molar-refractivity contribution in [1.82, 2.24) is 14.7 Å². The number of ether oxygens (including phenoxy) is 2. The van der Waals surface area contributed by atoms with Gasteiger partial charge in [-0.3, -0.25) is 9.69 Å². The third-order valence-electron chi connectivity index (χ3n) is 6.11. The number of hydrogen-bond acceptors (Lipinski definition) is 5. The van der Waals surface area contributed by atoms with Gasteiger partial charge in [0.15, 0.2) is 11.5 Å². The molecule has 1 aromatic heterocycles. The predicted molar refractivity (Wildman–Crippen MR) is 111 cm³/mol. The van der Waals surface area contributed by atoms with Gasteiger partial charge in [0.2, 0.25) is 5.91 Å². The number of aromatic nitrogens is 2. The van der Waals surface area contributed by atoms with Gasteiger partial charge in [-0.25, -0.2) is 4.68 Å². The fraction of sp³-hybridized carbons (Fsp3) is 0.545. The van der Waals surface area contributed by atoms with Crippen LogP contribution in [0.5, 0.6) is 11.5 Å². The van der Waals surface area contributed by atoms with Crippen molar-refractivity contribution in [1.29, 1.82) is 0 Å². The van der Waals surface area contributed by atoms with Gasteiger partial charge >= 0.3 is 0 Å². The third kappa shape index (κ3) is 4.24. The van der Waals surface area contributed by atoms with E-state index in [-0.39, 0.29) is 11.9 Å². The fourth-order valence-electron chi connectivity index (χ4n) is 4.67. The van der Waals surface area contributed by atoms with Gasteiger partial charge in [-0.05, 0) is 49.9 Å². The Morgan fingerprint density at radius 1 is 1.10 bits per heavy atom. The van der Waals surface area contributed by atoms with Gasteiger partial charge in [0.25, 0.3) is 0 Å². The molecule has 1 atom stereocenters. The molecule has 2 fully saturated rings. The van der Waals surface area contributed by atoms with E-state index in [4.69, 9.17) is 9.47 Å². The zero-order valence-corrected chi connectivity index (χ0v) is 17.3. The standard InChI is InChI=1S/C22H30N4O3/c1-28-19-10-9-16(14-20(19)29-2)18-8-5-13-25(18)15-22(27)24-21-11-12-23-26(21)17-6-3-4-7-17/h9-12,14,17-18H,3-8,13,15H2,1-2H3,(H,24,27)/t18-/m1/s1. The maximum absolute atomic E-state index is 12.8. The third-order valence-corrected chi connectivity index (χ3v) is 6.11. The number of carbonyl (C=O) groups excluding carboxylic acids is 1. The van der Waals surface area contributed by atoms with Crippen LogP contribution in [0.2, 0.25) is 0 Å². The number of nitrogens with zero attached hydrogens (tertiary/aromatic N) is 3. The summed E-state index contributed by atoms with van der Waals surface area (Å²) in [5.41, 5.74) is 1.16. The molecule has 0 spiro atoms. The molecule has 7 nitrogen and oxygen atoms in total. The van der Waals surface area contributed by atoms with E-state index in [9.17, 15) is 4.79 Å². The van der Waals surface area contributed by atoms with Crippen molar-refractivity contribution in [3.63, 3.8) is 0 Å². The van der Waals surface area contributed by atoms with E-state index in [0.29, 0.717) is 12.6 Å². The molecule has 156 valence electrons. The molecule has 1 aliphatic heterocycles. The Hall–Kier alpha value is -2.54. The minimum Gasteiger partial charge on any atom is -0.493 e. The maximum atomic E-state index is 12.8. The Bertz CT molecular complexity index is 844. The van der Waals surface area contributed by atoms with Crippen LogP contribution in [0.4, 0.5) is 5.82 Å². The molecular weight excluding hydrogens is 368 g/mol. The average Bonchev–Trinajstić information content (AvgIpc) is 3.49. The second-order valence-electron chi connectivity index (χ2n) is 7.89. The smallest absolute Gasteiger partial charge is 0.239 e. The highest BCUT2D eigenvalue weighted by Crippen LogP contribution is 2.37. The Balaban J connectivity index is 1.42. The molecule has 1 saturated carbocycles. The summed E-state index contributed by atoms with van der Waals surface area (Å²) in [5.74, 6) is 2.27.